The third-order valence-corrected chi connectivity index (χ3v) is 6.07. The smallest absolute Gasteiger partial charge is 0.266 e. The number of halogens is 1. The van der Waals surface area contributed by atoms with E-state index in [0.29, 0.717) is 46.9 Å². The first-order valence-electron chi connectivity index (χ1n) is 11.6. The van der Waals surface area contributed by atoms with E-state index in [1.165, 1.54) is 0 Å². The lowest BCUT2D eigenvalue weighted by molar-refractivity contribution is -0.135. The van der Waals surface area contributed by atoms with Gasteiger partial charge in [0.15, 0.2) is 0 Å². The topological polar surface area (TPSA) is 58.4 Å². The molecule has 0 aliphatic rings. The van der Waals surface area contributed by atoms with E-state index in [1.807, 2.05) is 68.1 Å². The van der Waals surface area contributed by atoms with E-state index >= 15 is 0 Å². The third-order valence-electron chi connectivity index (χ3n) is 5.83. The Morgan fingerprint density at radius 2 is 1.79 bits per heavy atom. The van der Waals surface area contributed by atoms with Gasteiger partial charge in [-0.2, -0.15) is 0 Å². The molecule has 0 radical (unpaired) electrons. The van der Waals surface area contributed by atoms with Crippen molar-refractivity contribution in [1.82, 2.24) is 19.4 Å². The van der Waals surface area contributed by atoms with Crippen molar-refractivity contribution >= 4 is 28.4 Å². The number of likely N-dealkylation sites (N-methyl/N-ethyl adjacent to an activating group) is 1. The molecule has 0 saturated heterocycles. The molecular formula is C27H35ClN4O2. The van der Waals surface area contributed by atoms with Crippen LogP contribution in [0.4, 0.5) is 0 Å². The summed E-state index contributed by atoms with van der Waals surface area (Å²) in [4.78, 5) is 36.1. The number of amides is 1. The quantitative estimate of drug-likeness (QED) is 0.462. The van der Waals surface area contributed by atoms with Crippen LogP contribution in [0.1, 0.15) is 51.5 Å². The summed E-state index contributed by atoms with van der Waals surface area (Å²) in [5.41, 5.74) is 1.88. The predicted molar refractivity (Wildman–Crippen MR) is 140 cm³/mol. The zero-order valence-electron chi connectivity index (χ0n) is 21.2. The lowest BCUT2D eigenvalue weighted by Crippen LogP contribution is -2.42. The molecule has 0 aliphatic heterocycles. The molecule has 0 bridgehead atoms. The number of carbonyl (C=O) groups is 1. The van der Waals surface area contributed by atoms with Gasteiger partial charge in [0, 0.05) is 24.5 Å². The van der Waals surface area contributed by atoms with Gasteiger partial charge < -0.3 is 9.80 Å². The maximum absolute atomic E-state index is 13.8. The van der Waals surface area contributed by atoms with Gasteiger partial charge in [-0.1, -0.05) is 44.5 Å². The zero-order valence-corrected chi connectivity index (χ0v) is 22.0. The second-order valence-electron chi connectivity index (χ2n) is 10.4. The molecule has 2 aromatic carbocycles. The van der Waals surface area contributed by atoms with E-state index in [9.17, 15) is 9.59 Å². The van der Waals surface area contributed by atoms with Crippen LogP contribution in [0.15, 0.2) is 47.3 Å². The summed E-state index contributed by atoms with van der Waals surface area (Å²) in [5.74, 6) is 0.582. The van der Waals surface area contributed by atoms with Crippen LogP contribution in [0.2, 0.25) is 5.02 Å². The van der Waals surface area contributed by atoms with Crippen molar-refractivity contribution in [2.45, 2.75) is 47.1 Å². The number of carbonyl (C=O) groups excluding carboxylic acids is 1. The Balaban J connectivity index is 2.23. The van der Waals surface area contributed by atoms with Crippen LogP contribution in [-0.2, 0) is 4.79 Å². The molecule has 0 aliphatic carbocycles. The minimum absolute atomic E-state index is 0.0450. The van der Waals surface area contributed by atoms with Crippen molar-refractivity contribution < 1.29 is 4.79 Å². The number of nitrogens with zero attached hydrogens (tertiary/aromatic N) is 4. The Hall–Kier alpha value is -2.70. The highest BCUT2D eigenvalue weighted by Crippen LogP contribution is 2.28. The zero-order chi connectivity index (χ0) is 25.2. The summed E-state index contributed by atoms with van der Waals surface area (Å²) < 4.78 is 1.64. The normalized spacial score (nSPS) is 12.9. The van der Waals surface area contributed by atoms with Crippen molar-refractivity contribution in [3.8, 4) is 5.69 Å². The van der Waals surface area contributed by atoms with Gasteiger partial charge in [-0.3, -0.25) is 14.2 Å². The van der Waals surface area contributed by atoms with Crippen LogP contribution in [0.3, 0.4) is 0 Å². The summed E-state index contributed by atoms with van der Waals surface area (Å²) in [6.07, 6.45) is 0.405. The molecule has 182 valence electrons. The number of fused-ring (bicyclic) bond motifs is 1. The minimum Gasteiger partial charge on any atom is -0.331 e. The summed E-state index contributed by atoms with van der Waals surface area (Å²) in [7, 11) is 3.97. The SMILES string of the molecule is Cc1cc(Cl)ccc1-n1c(C(C)N(CCN(C)C)C(=O)CC(C)(C)C)nc2ccccc2c1=O. The molecule has 1 amide bonds. The van der Waals surface area contributed by atoms with Crippen molar-refractivity contribution in [3.63, 3.8) is 0 Å². The fourth-order valence-corrected chi connectivity index (χ4v) is 4.30. The number of aryl methyl sites for hydroxylation is 1. The van der Waals surface area contributed by atoms with Gasteiger partial charge in [-0.25, -0.2) is 4.98 Å². The second-order valence-corrected chi connectivity index (χ2v) is 10.8. The monoisotopic (exact) mass is 482 g/mol. The van der Waals surface area contributed by atoms with Gasteiger partial charge in [0.1, 0.15) is 5.82 Å². The number of benzene rings is 2. The first kappa shape index (κ1) is 25.9. The molecule has 3 rings (SSSR count). The second kappa shape index (κ2) is 10.3. The number of para-hydroxylation sites is 1. The van der Waals surface area contributed by atoms with Gasteiger partial charge in [0.2, 0.25) is 5.91 Å². The fraction of sp³-hybridized carbons (Fsp3) is 0.444. The van der Waals surface area contributed by atoms with E-state index in [1.54, 1.807) is 16.7 Å². The maximum atomic E-state index is 13.8. The van der Waals surface area contributed by atoms with Crippen molar-refractivity contribution in [3.05, 3.63) is 69.2 Å². The van der Waals surface area contributed by atoms with Gasteiger partial charge in [-0.15, -0.1) is 0 Å². The molecule has 3 aromatic rings. The molecule has 1 heterocycles. The standard InChI is InChI=1S/C27H35ClN4O2/c1-18-16-20(28)12-13-23(18)32-25(29-22-11-9-8-10-21(22)26(32)34)19(2)31(15-14-30(6)7)24(33)17-27(3,4)5/h8-13,16,19H,14-15,17H2,1-7H3. The molecule has 1 atom stereocenters. The first-order valence-corrected chi connectivity index (χ1v) is 12.0. The van der Waals surface area contributed by atoms with E-state index in [0.717, 1.165) is 5.56 Å². The van der Waals surface area contributed by atoms with E-state index < -0.39 is 6.04 Å². The number of rotatable bonds is 7. The average Bonchev–Trinajstić information content (AvgIpc) is 2.73. The molecule has 0 saturated carbocycles. The van der Waals surface area contributed by atoms with E-state index in [2.05, 4.69) is 20.8 Å². The van der Waals surface area contributed by atoms with Crippen LogP contribution in [0, 0.1) is 12.3 Å². The molecule has 6 nitrogen and oxygen atoms in total. The maximum Gasteiger partial charge on any atom is 0.266 e. The van der Waals surface area contributed by atoms with Gasteiger partial charge >= 0.3 is 0 Å². The molecule has 1 aromatic heterocycles. The molecular weight excluding hydrogens is 448 g/mol. The van der Waals surface area contributed by atoms with Crippen LogP contribution < -0.4 is 5.56 Å². The lowest BCUT2D eigenvalue weighted by Gasteiger charge is -2.33. The molecule has 0 N–H and O–H groups in total. The van der Waals surface area contributed by atoms with Crippen LogP contribution >= 0.6 is 11.6 Å². The highest BCUT2D eigenvalue weighted by atomic mass is 35.5. The van der Waals surface area contributed by atoms with Gasteiger partial charge in [-0.05, 0) is 69.3 Å². The Morgan fingerprint density at radius 3 is 2.41 bits per heavy atom. The van der Waals surface area contributed by atoms with Crippen molar-refractivity contribution in [2.24, 2.45) is 5.41 Å². The molecule has 7 heteroatoms. The number of hydrogen-bond acceptors (Lipinski definition) is 4. The van der Waals surface area contributed by atoms with Crippen LogP contribution in [0.25, 0.3) is 16.6 Å². The summed E-state index contributed by atoms with van der Waals surface area (Å²) >= 11 is 6.21. The molecule has 34 heavy (non-hydrogen) atoms. The number of aromatic nitrogens is 2. The summed E-state index contributed by atoms with van der Waals surface area (Å²) in [6, 6.07) is 12.4. The highest BCUT2D eigenvalue weighted by Gasteiger charge is 2.29. The largest absolute Gasteiger partial charge is 0.331 e. The average molecular weight is 483 g/mol. The predicted octanol–water partition coefficient (Wildman–Crippen LogP) is 5.23. The lowest BCUT2D eigenvalue weighted by atomic mass is 9.91. The summed E-state index contributed by atoms with van der Waals surface area (Å²) in [5, 5.41) is 1.14. The van der Waals surface area contributed by atoms with Crippen molar-refractivity contribution in [2.75, 3.05) is 27.2 Å². The van der Waals surface area contributed by atoms with Gasteiger partial charge in [0.05, 0.1) is 22.6 Å². The third kappa shape index (κ3) is 5.86. The fourth-order valence-electron chi connectivity index (χ4n) is 4.07. The molecule has 0 spiro atoms. The van der Waals surface area contributed by atoms with E-state index in [4.69, 9.17) is 16.6 Å². The molecule has 0 fully saturated rings. The van der Waals surface area contributed by atoms with Gasteiger partial charge in [0.25, 0.3) is 5.56 Å². The van der Waals surface area contributed by atoms with Crippen molar-refractivity contribution in [1.29, 1.82) is 0 Å². The van der Waals surface area contributed by atoms with E-state index in [-0.39, 0.29) is 16.9 Å². The summed E-state index contributed by atoms with van der Waals surface area (Å²) in [6.45, 7) is 11.3. The Bertz CT molecular complexity index is 1240. The first-order chi connectivity index (χ1) is 15.9. The highest BCUT2D eigenvalue weighted by molar-refractivity contribution is 6.30. The minimum atomic E-state index is -0.415. The van der Waals surface area contributed by atoms with Crippen LogP contribution in [0.5, 0.6) is 0 Å². The molecule has 1 unspecified atom stereocenters. The Kier molecular flexibility index (Phi) is 7.84. The Morgan fingerprint density at radius 1 is 1.12 bits per heavy atom. The Labute approximate surface area is 207 Å². The van der Waals surface area contributed by atoms with Crippen LogP contribution in [-0.4, -0.2) is 52.4 Å². The number of hydrogen-bond donors (Lipinski definition) is 0.